The highest BCUT2D eigenvalue weighted by Crippen LogP contribution is 2.46. The molecule has 0 aromatic heterocycles. The van der Waals surface area contributed by atoms with Gasteiger partial charge in [-0.3, -0.25) is 14.6 Å². The number of carboxylic acid groups (broad SMARTS) is 2. The third kappa shape index (κ3) is 3.84. The van der Waals surface area contributed by atoms with Crippen LogP contribution in [0.4, 0.5) is 0 Å². The van der Waals surface area contributed by atoms with Crippen LogP contribution in [0.25, 0.3) is 5.57 Å². The molecule has 0 amide bonds. The van der Waals surface area contributed by atoms with Gasteiger partial charge < -0.3 is 10.2 Å². The predicted molar refractivity (Wildman–Crippen MR) is 101 cm³/mol. The van der Waals surface area contributed by atoms with Crippen molar-refractivity contribution in [2.24, 2.45) is 10.4 Å². The van der Waals surface area contributed by atoms with Crippen molar-refractivity contribution < 1.29 is 24.6 Å². The molecule has 1 atom stereocenters. The lowest BCUT2D eigenvalue weighted by atomic mass is 9.68. The number of nitrogens with zero attached hydrogens (tertiary/aromatic N) is 1. The Bertz CT molecular complexity index is 878. The van der Waals surface area contributed by atoms with Gasteiger partial charge in [0.2, 0.25) is 5.78 Å². The van der Waals surface area contributed by atoms with E-state index >= 15 is 0 Å². The van der Waals surface area contributed by atoms with Gasteiger partial charge in [0.15, 0.2) is 0 Å². The van der Waals surface area contributed by atoms with Crippen molar-refractivity contribution in [2.75, 3.05) is 0 Å². The molecule has 2 aliphatic rings. The molecule has 6 heteroatoms. The zero-order valence-corrected chi connectivity index (χ0v) is 15.5. The number of carboxylic acids is 2. The lowest BCUT2D eigenvalue weighted by Gasteiger charge is -2.36. The molecular weight excluding hydrogens is 346 g/mol. The second-order valence-electron chi connectivity index (χ2n) is 7.94. The number of benzene rings is 1. The highest BCUT2D eigenvalue weighted by molar-refractivity contribution is 6.54. The van der Waals surface area contributed by atoms with Crippen LogP contribution in [-0.2, 0) is 14.4 Å². The molecule has 3 rings (SSSR count). The molecule has 142 valence electrons. The Morgan fingerprint density at radius 2 is 1.81 bits per heavy atom. The van der Waals surface area contributed by atoms with E-state index in [9.17, 15) is 19.5 Å². The summed E-state index contributed by atoms with van der Waals surface area (Å²) in [5, 5.41) is 18.3. The molecule has 6 nitrogen and oxygen atoms in total. The topological polar surface area (TPSA) is 104 Å². The highest BCUT2D eigenvalue weighted by Gasteiger charge is 2.37. The molecule has 0 spiro atoms. The first-order valence-electron chi connectivity index (χ1n) is 9.08. The Balaban J connectivity index is 2.08. The molecule has 2 N–H and O–H groups in total. The number of hydrogen-bond donors (Lipinski definition) is 2. The van der Waals surface area contributed by atoms with E-state index in [0.717, 1.165) is 24.0 Å². The van der Waals surface area contributed by atoms with Crippen LogP contribution in [-0.4, -0.2) is 39.7 Å². The number of carbonyl (C=O) groups is 3. The Kier molecular flexibility index (Phi) is 5.00. The number of aliphatic imine (C=N–C) groups is 1. The summed E-state index contributed by atoms with van der Waals surface area (Å²) >= 11 is 0. The van der Waals surface area contributed by atoms with Crippen LogP contribution in [0.3, 0.4) is 0 Å². The van der Waals surface area contributed by atoms with Crippen LogP contribution in [0.5, 0.6) is 0 Å². The maximum Gasteiger partial charge on any atom is 0.328 e. The third-order valence-corrected chi connectivity index (χ3v) is 5.27. The van der Waals surface area contributed by atoms with E-state index in [4.69, 9.17) is 5.11 Å². The van der Waals surface area contributed by atoms with Gasteiger partial charge in [0.25, 0.3) is 0 Å². The van der Waals surface area contributed by atoms with Gasteiger partial charge >= 0.3 is 11.9 Å². The van der Waals surface area contributed by atoms with E-state index < -0.39 is 18.0 Å². The molecule has 2 aliphatic carbocycles. The Labute approximate surface area is 157 Å². The van der Waals surface area contributed by atoms with Crippen LogP contribution < -0.4 is 0 Å². The number of carbonyl (C=O) groups excluding carboxylic acids is 1. The Morgan fingerprint density at radius 1 is 1.15 bits per heavy atom. The summed E-state index contributed by atoms with van der Waals surface area (Å²) in [7, 11) is 0. The number of hydrogen-bond acceptors (Lipinski definition) is 4. The van der Waals surface area contributed by atoms with Gasteiger partial charge in [-0.2, -0.15) is 0 Å². The molecule has 0 fully saturated rings. The van der Waals surface area contributed by atoms with E-state index in [2.05, 4.69) is 18.8 Å². The van der Waals surface area contributed by atoms with E-state index in [1.165, 1.54) is 0 Å². The fourth-order valence-corrected chi connectivity index (χ4v) is 3.80. The van der Waals surface area contributed by atoms with E-state index in [-0.39, 0.29) is 29.8 Å². The summed E-state index contributed by atoms with van der Waals surface area (Å²) in [6.45, 7) is 4.36. The smallest absolute Gasteiger partial charge is 0.328 e. The Hall–Kier alpha value is -2.76. The minimum Gasteiger partial charge on any atom is -0.481 e. The number of rotatable bonds is 5. The van der Waals surface area contributed by atoms with Crippen molar-refractivity contribution in [3.8, 4) is 0 Å². The fraction of sp³-hybridized carbons (Fsp3) is 0.429. The average Bonchev–Trinajstić information content (AvgIpc) is 2.59. The lowest BCUT2D eigenvalue weighted by molar-refractivity contribution is -0.139. The standard InChI is InChI=1S/C21H23NO5/c1-21(2)10-9-14-15(11-21)12-5-3-4-6-13(12)18(19(14)25)22-16(20(26)27)7-8-17(23)24/h3-6,16H,7-11H2,1-2H3,(H,23,24)(H,26,27). The number of allylic oxidation sites excluding steroid dienone is 2. The van der Waals surface area contributed by atoms with E-state index in [1.807, 2.05) is 12.1 Å². The number of aliphatic carboxylic acids is 2. The molecule has 1 aromatic carbocycles. The van der Waals surface area contributed by atoms with Gasteiger partial charge in [-0.25, -0.2) is 4.79 Å². The second-order valence-corrected chi connectivity index (χ2v) is 7.94. The van der Waals surface area contributed by atoms with Gasteiger partial charge in [0, 0.05) is 17.6 Å². The largest absolute Gasteiger partial charge is 0.481 e. The zero-order chi connectivity index (χ0) is 19.8. The summed E-state index contributed by atoms with van der Waals surface area (Å²) in [5.41, 5.74) is 3.56. The lowest BCUT2D eigenvalue weighted by Crippen LogP contribution is -2.32. The normalized spacial score (nSPS) is 20.8. The number of ketones is 1. The average molecular weight is 369 g/mol. The van der Waals surface area contributed by atoms with Crippen LogP contribution in [0.1, 0.15) is 57.1 Å². The first-order chi connectivity index (χ1) is 12.7. The monoisotopic (exact) mass is 369 g/mol. The molecule has 1 unspecified atom stereocenters. The third-order valence-electron chi connectivity index (χ3n) is 5.27. The molecule has 0 radical (unpaired) electrons. The molecule has 0 saturated heterocycles. The first kappa shape index (κ1) is 19.0. The van der Waals surface area contributed by atoms with E-state index in [0.29, 0.717) is 17.6 Å². The predicted octanol–water partition coefficient (Wildman–Crippen LogP) is 3.34. The summed E-state index contributed by atoms with van der Waals surface area (Å²) in [4.78, 5) is 39.7. The quantitative estimate of drug-likeness (QED) is 0.828. The van der Waals surface area contributed by atoms with Gasteiger partial charge in [-0.1, -0.05) is 38.1 Å². The van der Waals surface area contributed by atoms with Crippen LogP contribution in [0.15, 0.2) is 34.8 Å². The van der Waals surface area contributed by atoms with Crippen molar-refractivity contribution in [2.45, 2.75) is 52.0 Å². The van der Waals surface area contributed by atoms with Crippen LogP contribution in [0, 0.1) is 5.41 Å². The Morgan fingerprint density at radius 3 is 2.44 bits per heavy atom. The van der Waals surface area contributed by atoms with Crippen molar-refractivity contribution >= 4 is 29.0 Å². The van der Waals surface area contributed by atoms with Gasteiger partial charge in [-0.15, -0.1) is 0 Å². The maximum absolute atomic E-state index is 13.1. The van der Waals surface area contributed by atoms with E-state index in [1.54, 1.807) is 12.1 Å². The van der Waals surface area contributed by atoms with Crippen molar-refractivity contribution in [3.05, 3.63) is 41.0 Å². The molecule has 27 heavy (non-hydrogen) atoms. The van der Waals surface area contributed by atoms with Gasteiger partial charge in [-0.05, 0) is 42.2 Å². The van der Waals surface area contributed by atoms with Crippen molar-refractivity contribution in [1.29, 1.82) is 0 Å². The number of fused-ring (bicyclic) bond motifs is 2. The molecular formula is C21H23NO5. The summed E-state index contributed by atoms with van der Waals surface area (Å²) in [6, 6.07) is 6.18. The molecule has 0 heterocycles. The first-order valence-corrected chi connectivity index (χ1v) is 9.08. The summed E-state index contributed by atoms with van der Waals surface area (Å²) in [6.07, 6.45) is 1.85. The summed E-state index contributed by atoms with van der Waals surface area (Å²) in [5.74, 6) is -2.53. The van der Waals surface area contributed by atoms with Gasteiger partial charge in [0.1, 0.15) is 11.8 Å². The zero-order valence-electron chi connectivity index (χ0n) is 15.5. The molecule has 1 aromatic rings. The SMILES string of the molecule is CC1(C)CCC2=C(C1)c1ccccc1C(=NC(CCC(=O)O)C(=O)O)C2=O. The van der Waals surface area contributed by atoms with Crippen molar-refractivity contribution in [1.82, 2.24) is 0 Å². The molecule has 0 bridgehead atoms. The van der Waals surface area contributed by atoms with Gasteiger partial charge in [0.05, 0.1) is 0 Å². The van der Waals surface area contributed by atoms with Crippen LogP contribution >= 0.6 is 0 Å². The van der Waals surface area contributed by atoms with Crippen LogP contribution in [0.2, 0.25) is 0 Å². The minimum atomic E-state index is -1.25. The number of Topliss-reactive ketones (excluding diaryl/α,β-unsaturated/α-hetero) is 1. The molecule has 0 aliphatic heterocycles. The van der Waals surface area contributed by atoms with Crippen molar-refractivity contribution in [3.63, 3.8) is 0 Å². The summed E-state index contributed by atoms with van der Waals surface area (Å²) < 4.78 is 0. The fourth-order valence-electron chi connectivity index (χ4n) is 3.80. The second kappa shape index (κ2) is 7.10. The minimum absolute atomic E-state index is 0.103. The molecule has 0 saturated carbocycles. The maximum atomic E-state index is 13.1. The highest BCUT2D eigenvalue weighted by atomic mass is 16.4.